The first-order chi connectivity index (χ1) is 24.0. The Kier molecular flexibility index (Phi) is 11.9. The zero-order chi connectivity index (χ0) is 35.8. The zero-order valence-electron chi connectivity index (χ0n) is 27.9. The number of hydrogen-bond acceptors (Lipinski definition) is 9. The van der Waals surface area contributed by atoms with Gasteiger partial charge in [-0.1, -0.05) is 54.9 Å². The summed E-state index contributed by atoms with van der Waals surface area (Å²) in [6, 6.07) is 11.1. The summed E-state index contributed by atoms with van der Waals surface area (Å²) in [7, 11) is 1.98. The maximum Gasteiger partial charge on any atom is 0.349 e. The van der Waals surface area contributed by atoms with Gasteiger partial charge in [-0.25, -0.2) is 0 Å². The van der Waals surface area contributed by atoms with E-state index in [9.17, 15) is 19.2 Å². The van der Waals surface area contributed by atoms with Crippen molar-refractivity contribution < 1.29 is 28.0 Å². The van der Waals surface area contributed by atoms with Gasteiger partial charge in [-0.3, -0.25) is 19.2 Å². The zero-order valence-corrected chi connectivity index (χ0v) is 28.7. The third-order valence-corrected chi connectivity index (χ3v) is 10.1. The average Bonchev–Trinajstić information content (AvgIpc) is 3.69. The van der Waals surface area contributed by atoms with Crippen LogP contribution in [0.2, 0.25) is 0 Å². The van der Waals surface area contributed by atoms with E-state index in [1.54, 1.807) is 35.2 Å². The number of anilines is 1. The summed E-state index contributed by atoms with van der Waals surface area (Å²) in [6.45, 7) is 4.31. The number of nitrogens with one attached hydrogen (secondary N) is 3. The standard InChI is InChI=1S/C35H40F2N8O4S/c1-22(29(41-31(46)28-21-39-43-50-28)33(48)45-17-15-44(2)16-18-45)24-11-13-27(14-12-24)40-32(47)30(25-8-4-3-5-9-25)42-34(49)35(36,37)26-10-6-7-23(19-26)20-38/h6-7,10-14,19,21-22,25,29-30H,3-5,8-9,15-18H2,1-2H3,(H,40,47)(H,41,46)(H,42,49). The quantitative estimate of drug-likeness (QED) is 0.271. The number of nitriles is 1. The molecule has 1 saturated heterocycles. The Morgan fingerprint density at radius 2 is 1.70 bits per heavy atom. The van der Waals surface area contributed by atoms with E-state index in [4.69, 9.17) is 5.26 Å². The molecule has 50 heavy (non-hydrogen) atoms. The molecule has 2 heterocycles. The number of aromatic nitrogens is 2. The second kappa shape index (κ2) is 16.3. The van der Waals surface area contributed by atoms with E-state index in [2.05, 4.69) is 30.4 Å². The molecule has 3 N–H and O–H groups in total. The molecule has 264 valence electrons. The van der Waals surface area contributed by atoms with Crippen LogP contribution in [-0.4, -0.2) is 88.3 Å². The Labute approximate surface area is 293 Å². The van der Waals surface area contributed by atoms with Crippen molar-refractivity contribution in [2.45, 2.75) is 63.0 Å². The third kappa shape index (κ3) is 8.67. The van der Waals surface area contributed by atoms with Gasteiger partial charge in [0.05, 0.1) is 17.8 Å². The maximum atomic E-state index is 15.3. The van der Waals surface area contributed by atoms with Crippen LogP contribution < -0.4 is 16.0 Å². The number of carbonyl (C=O) groups excluding carboxylic acids is 4. The predicted octanol–water partition coefficient (Wildman–Crippen LogP) is 3.88. The molecule has 15 heteroatoms. The van der Waals surface area contributed by atoms with Crippen LogP contribution in [0, 0.1) is 17.2 Å². The van der Waals surface area contributed by atoms with Crippen molar-refractivity contribution in [2.24, 2.45) is 5.92 Å². The second-order valence-corrected chi connectivity index (χ2v) is 13.7. The first-order valence-corrected chi connectivity index (χ1v) is 17.4. The number of amides is 4. The highest BCUT2D eigenvalue weighted by molar-refractivity contribution is 7.07. The Hall–Kier alpha value is -4.81. The maximum absolute atomic E-state index is 15.3. The molecular formula is C35H40F2N8O4S. The molecule has 4 amide bonds. The lowest BCUT2D eigenvalue weighted by Crippen LogP contribution is -2.55. The Morgan fingerprint density at radius 3 is 2.34 bits per heavy atom. The molecule has 0 radical (unpaired) electrons. The van der Waals surface area contributed by atoms with Gasteiger partial charge in [0.1, 0.15) is 17.0 Å². The number of nitrogens with zero attached hydrogens (tertiary/aromatic N) is 5. The van der Waals surface area contributed by atoms with Crippen molar-refractivity contribution in [3.63, 3.8) is 0 Å². The van der Waals surface area contributed by atoms with E-state index in [0.29, 0.717) is 44.7 Å². The van der Waals surface area contributed by atoms with Crippen LogP contribution in [0.1, 0.15) is 71.3 Å². The topological polar surface area (TPSA) is 160 Å². The van der Waals surface area contributed by atoms with Crippen molar-refractivity contribution in [2.75, 3.05) is 38.5 Å². The third-order valence-electron chi connectivity index (χ3n) is 9.49. The number of rotatable bonds is 11. The highest BCUT2D eigenvalue weighted by Crippen LogP contribution is 2.32. The van der Waals surface area contributed by atoms with E-state index in [1.165, 1.54) is 18.3 Å². The number of likely N-dealkylation sites (N-methyl/N-ethyl adjacent to an activating group) is 1. The predicted molar refractivity (Wildman–Crippen MR) is 182 cm³/mol. The molecule has 12 nitrogen and oxygen atoms in total. The van der Waals surface area contributed by atoms with E-state index >= 15 is 8.78 Å². The van der Waals surface area contributed by atoms with E-state index in [-0.39, 0.29) is 22.3 Å². The smallest absolute Gasteiger partial charge is 0.339 e. The van der Waals surface area contributed by atoms with Gasteiger partial charge < -0.3 is 25.8 Å². The molecule has 2 aliphatic rings. The molecule has 2 fully saturated rings. The molecule has 0 bridgehead atoms. The van der Waals surface area contributed by atoms with Gasteiger partial charge in [0, 0.05) is 43.3 Å². The van der Waals surface area contributed by atoms with Crippen molar-refractivity contribution in [1.29, 1.82) is 5.26 Å². The minimum absolute atomic E-state index is 0.0104. The largest absolute Gasteiger partial charge is 0.349 e. The fourth-order valence-corrected chi connectivity index (χ4v) is 6.82. The van der Waals surface area contributed by atoms with Crippen molar-refractivity contribution in [3.05, 3.63) is 76.3 Å². The molecule has 1 aromatic heterocycles. The summed E-state index contributed by atoms with van der Waals surface area (Å²) < 4.78 is 34.4. The number of halogens is 2. The van der Waals surface area contributed by atoms with Crippen LogP contribution in [0.5, 0.6) is 0 Å². The first kappa shape index (κ1) is 36.5. The molecule has 0 spiro atoms. The molecule has 3 atom stereocenters. The minimum Gasteiger partial charge on any atom is -0.339 e. The summed E-state index contributed by atoms with van der Waals surface area (Å²) in [5.41, 5.74) is 0.445. The average molecular weight is 707 g/mol. The summed E-state index contributed by atoms with van der Waals surface area (Å²) >= 11 is 0.929. The molecule has 1 aliphatic carbocycles. The van der Waals surface area contributed by atoms with Gasteiger partial charge in [-0.05, 0) is 67.2 Å². The summed E-state index contributed by atoms with van der Waals surface area (Å²) in [4.78, 5) is 57.5. The van der Waals surface area contributed by atoms with Crippen LogP contribution in [0.15, 0.2) is 54.7 Å². The molecule has 1 saturated carbocycles. The van der Waals surface area contributed by atoms with Crippen molar-refractivity contribution in [3.8, 4) is 6.07 Å². The minimum atomic E-state index is -3.97. The van der Waals surface area contributed by atoms with Gasteiger partial charge in [-0.15, -0.1) is 5.10 Å². The van der Waals surface area contributed by atoms with E-state index in [1.807, 2.05) is 14.0 Å². The van der Waals surface area contributed by atoms with Crippen LogP contribution in [0.3, 0.4) is 0 Å². The van der Waals surface area contributed by atoms with Crippen LogP contribution in [0.25, 0.3) is 0 Å². The van der Waals surface area contributed by atoms with Gasteiger partial charge in [0.25, 0.3) is 11.8 Å². The lowest BCUT2D eigenvalue weighted by Gasteiger charge is -2.36. The fraction of sp³-hybridized carbons (Fsp3) is 0.457. The van der Waals surface area contributed by atoms with Gasteiger partial charge in [-0.2, -0.15) is 14.0 Å². The molecule has 3 aromatic rings. The molecule has 1 aliphatic heterocycles. The highest BCUT2D eigenvalue weighted by atomic mass is 32.1. The van der Waals surface area contributed by atoms with Gasteiger partial charge in [0.2, 0.25) is 11.8 Å². The Bertz CT molecular complexity index is 1700. The number of alkyl halides is 2. The monoisotopic (exact) mass is 706 g/mol. The highest BCUT2D eigenvalue weighted by Gasteiger charge is 2.44. The normalized spacial score (nSPS) is 17.5. The summed E-state index contributed by atoms with van der Waals surface area (Å²) in [6.07, 6.45) is 5.10. The molecule has 2 aromatic carbocycles. The number of hydrogen-bond donors (Lipinski definition) is 3. The lowest BCUT2D eigenvalue weighted by atomic mass is 9.83. The summed E-state index contributed by atoms with van der Waals surface area (Å²) in [5, 5.41) is 20.8. The number of carbonyl (C=O) groups is 4. The second-order valence-electron chi connectivity index (χ2n) is 12.9. The van der Waals surface area contributed by atoms with Gasteiger partial charge in [0.15, 0.2) is 0 Å². The molecule has 5 rings (SSSR count). The van der Waals surface area contributed by atoms with E-state index < -0.39 is 47.2 Å². The van der Waals surface area contributed by atoms with Gasteiger partial charge >= 0.3 is 5.92 Å². The first-order valence-electron chi connectivity index (χ1n) is 16.6. The number of benzene rings is 2. The fourth-order valence-electron chi connectivity index (χ4n) is 6.40. The van der Waals surface area contributed by atoms with Crippen molar-refractivity contribution >= 4 is 40.8 Å². The van der Waals surface area contributed by atoms with Crippen LogP contribution in [-0.2, 0) is 20.3 Å². The Morgan fingerprint density at radius 1 is 1.00 bits per heavy atom. The SMILES string of the molecule is CC(c1ccc(NC(=O)C(NC(=O)C(F)(F)c2cccc(C#N)c2)C2CCCCC2)cc1)C(NC(=O)c1cnns1)C(=O)N1CCN(C)CC1. The molecular weight excluding hydrogens is 666 g/mol. The molecule has 3 unspecified atom stereocenters. The Balaban J connectivity index is 1.31. The van der Waals surface area contributed by atoms with Crippen LogP contribution in [0.4, 0.5) is 14.5 Å². The lowest BCUT2D eigenvalue weighted by molar-refractivity contribution is -0.149. The number of piperazine rings is 1. The summed E-state index contributed by atoms with van der Waals surface area (Å²) in [5.74, 6) is -7.68. The van der Waals surface area contributed by atoms with Crippen molar-refractivity contribution in [1.82, 2.24) is 30.0 Å². The van der Waals surface area contributed by atoms with E-state index in [0.717, 1.165) is 48.5 Å². The van der Waals surface area contributed by atoms with Crippen LogP contribution >= 0.6 is 11.5 Å².